The average Bonchev–Trinajstić information content (AvgIpc) is 2.64. The summed E-state index contributed by atoms with van der Waals surface area (Å²) in [5.41, 5.74) is 6.32. The number of hydrogen-bond donors (Lipinski definition) is 1. The molecule has 0 saturated heterocycles. The minimum absolute atomic E-state index is 0.109. The molecule has 2 rings (SSSR count). The quantitative estimate of drug-likeness (QED) is 0.577. The van der Waals surface area contributed by atoms with Gasteiger partial charge in [-0.05, 0) is 24.3 Å². The van der Waals surface area contributed by atoms with Crippen molar-refractivity contribution in [2.24, 2.45) is 5.73 Å². The van der Waals surface area contributed by atoms with E-state index in [0.29, 0.717) is 5.56 Å². The summed E-state index contributed by atoms with van der Waals surface area (Å²) in [5.74, 6) is -0.421. The topological polar surface area (TPSA) is 65.5 Å². The van der Waals surface area contributed by atoms with E-state index in [-0.39, 0.29) is 6.73 Å². The fourth-order valence-electron chi connectivity index (χ4n) is 1.25. The van der Waals surface area contributed by atoms with Gasteiger partial charge in [0.25, 0.3) is 0 Å². The summed E-state index contributed by atoms with van der Waals surface area (Å²) >= 11 is 0. The minimum Gasteiger partial charge on any atom is -0.464 e. The van der Waals surface area contributed by atoms with Crippen molar-refractivity contribution in [3.8, 4) is 0 Å². The van der Waals surface area contributed by atoms with E-state index >= 15 is 0 Å². The molecule has 1 heterocycles. The highest BCUT2D eigenvalue weighted by Crippen LogP contribution is 2.17. The molecule has 0 unspecified atom stereocenters. The van der Waals surface area contributed by atoms with Gasteiger partial charge in [0.2, 0.25) is 0 Å². The summed E-state index contributed by atoms with van der Waals surface area (Å²) in [6, 6.07) is 6.86. The third-order valence-electron chi connectivity index (χ3n) is 1.90. The molecular formula is C10H9NO3. The summed E-state index contributed by atoms with van der Waals surface area (Å²) in [4.78, 5) is 11.3. The molecule has 0 bridgehead atoms. The van der Waals surface area contributed by atoms with Crippen LogP contribution in [0, 0.1) is 0 Å². The molecule has 0 spiro atoms. The third-order valence-corrected chi connectivity index (χ3v) is 1.90. The van der Waals surface area contributed by atoms with Crippen LogP contribution in [-0.2, 0) is 4.74 Å². The van der Waals surface area contributed by atoms with Gasteiger partial charge in [-0.3, -0.25) is 5.73 Å². The zero-order valence-corrected chi connectivity index (χ0v) is 7.40. The number of nitrogens with two attached hydrogens (primary N) is 1. The zero-order chi connectivity index (χ0) is 9.97. The lowest BCUT2D eigenvalue weighted by molar-refractivity contribution is 0.0515. The van der Waals surface area contributed by atoms with Gasteiger partial charge in [-0.15, -0.1) is 0 Å². The molecule has 4 heteroatoms. The SMILES string of the molecule is NCOC(=O)c1ccc2occc2c1. The molecule has 0 atom stereocenters. The number of esters is 1. The molecule has 2 aromatic rings. The van der Waals surface area contributed by atoms with Crippen LogP contribution in [0.1, 0.15) is 10.4 Å². The van der Waals surface area contributed by atoms with Gasteiger partial charge < -0.3 is 9.15 Å². The molecule has 0 aliphatic rings. The van der Waals surface area contributed by atoms with Gasteiger partial charge in [0.05, 0.1) is 11.8 Å². The lowest BCUT2D eigenvalue weighted by Crippen LogP contribution is -2.11. The van der Waals surface area contributed by atoms with Crippen molar-refractivity contribution >= 4 is 16.9 Å². The standard InChI is InChI=1S/C10H9NO3/c11-6-14-10(12)8-1-2-9-7(5-8)3-4-13-9/h1-5H,6,11H2. The maximum absolute atomic E-state index is 11.3. The average molecular weight is 191 g/mol. The number of furan rings is 1. The van der Waals surface area contributed by atoms with Crippen LogP contribution in [0.25, 0.3) is 11.0 Å². The fraction of sp³-hybridized carbons (Fsp3) is 0.100. The van der Waals surface area contributed by atoms with Crippen LogP contribution in [0.15, 0.2) is 34.9 Å². The van der Waals surface area contributed by atoms with Crippen molar-refractivity contribution in [3.63, 3.8) is 0 Å². The van der Waals surface area contributed by atoms with Crippen LogP contribution < -0.4 is 5.73 Å². The lowest BCUT2D eigenvalue weighted by atomic mass is 10.2. The summed E-state index contributed by atoms with van der Waals surface area (Å²) in [6.45, 7) is -0.109. The Balaban J connectivity index is 2.38. The van der Waals surface area contributed by atoms with Gasteiger partial charge in [-0.1, -0.05) is 0 Å². The Morgan fingerprint density at radius 2 is 2.29 bits per heavy atom. The first-order chi connectivity index (χ1) is 6.81. The van der Waals surface area contributed by atoms with Crippen LogP contribution in [-0.4, -0.2) is 12.7 Å². The number of fused-ring (bicyclic) bond motifs is 1. The van der Waals surface area contributed by atoms with E-state index < -0.39 is 5.97 Å². The molecule has 0 amide bonds. The Kier molecular flexibility index (Phi) is 2.20. The number of ether oxygens (including phenoxy) is 1. The largest absolute Gasteiger partial charge is 0.464 e. The van der Waals surface area contributed by atoms with Crippen LogP contribution in [0.5, 0.6) is 0 Å². The number of hydrogen-bond acceptors (Lipinski definition) is 4. The first-order valence-electron chi connectivity index (χ1n) is 4.16. The predicted molar refractivity (Wildman–Crippen MR) is 50.7 cm³/mol. The van der Waals surface area contributed by atoms with Gasteiger partial charge in [-0.2, -0.15) is 0 Å². The molecule has 0 fully saturated rings. The van der Waals surface area contributed by atoms with Gasteiger partial charge in [0.15, 0.2) is 0 Å². The van der Waals surface area contributed by atoms with E-state index in [1.807, 2.05) is 0 Å². The normalized spacial score (nSPS) is 10.4. The summed E-state index contributed by atoms with van der Waals surface area (Å²) in [7, 11) is 0. The Bertz CT molecular complexity index is 461. The summed E-state index contributed by atoms with van der Waals surface area (Å²) in [5, 5.41) is 0.872. The van der Waals surface area contributed by atoms with Crippen molar-refractivity contribution in [3.05, 3.63) is 36.1 Å². The highest BCUT2D eigenvalue weighted by atomic mass is 16.5. The molecule has 0 aliphatic carbocycles. The van der Waals surface area contributed by atoms with E-state index in [4.69, 9.17) is 10.2 Å². The van der Waals surface area contributed by atoms with E-state index in [1.165, 1.54) is 0 Å². The number of carbonyl (C=O) groups is 1. The van der Waals surface area contributed by atoms with Crippen LogP contribution in [0.2, 0.25) is 0 Å². The molecule has 14 heavy (non-hydrogen) atoms. The second-order valence-corrected chi connectivity index (χ2v) is 2.77. The van der Waals surface area contributed by atoms with Crippen molar-refractivity contribution in [1.29, 1.82) is 0 Å². The molecule has 2 N–H and O–H groups in total. The highest BCUT2D eigenvalue weighted by molar-refractivity contribution is 5.94. The Labute approximate surface area is 80.3 Å². The molecule has 1 aromatic carbocycles. The first kappa shape index (κ1) is 8.77. The summed E-state index contributed by atoms with van der Waals surface area (Å²) in [6.07, 6.45) is 1.57. The number of carbonyl (C=O) groups excluding carboxylic acids is 1. The molecule has 0 saturated carbocycles. The molecule has 1 aromatic heterocycles. The first-order valence-corrected chi connectivity index (χ1v) is 4.16. The molecule has 0 radical (unpaired) electrons. The second kappa shape index (κ2) is 3.51. The number of rotatable bonds is 2. The highest BCUT2D eigenvalue weighted by Gasteiger charge is 2.07. The smallest absolute Gasteiger partial charge is 0.339 e. The Hall–Kier alpha value is -1.81. The third kappa shape index (κ3) is 1.47. The maximum Gasteiger partial charge on any atom is 0.339 e. The van der Waals surface area contributed by atoms with Crippen molar-refractivity contribution < 1.29 is 13.9 Å². The van der Waals surface area contributed by atoms with Gasteiger partial charge in [-0.25, -0.2) is 4.79 Å². The van der Waals surface area contributed by atoms with Crippen LogP contribution >= 0.6 is 0 Å². The fourth-order valence-corrected chi connectivity index (χ4v) is 1.25. The van der Waals surface area contributed by atoms with E-state index in [1.54, 1.807) is 30.5 Å². The van der Waals surface area contributed by atoms with Gasteiger partial charge >= 0.3 is 5.97 Å². The molecule has 0 aliphatic heterocycles. The van der Waals surface area contributed by atoms with Crippen LogP contribution in [0.3, 0.4) is 0 Å². The Morgan fingerprint density at radius 1 is 1.43 bits per heavy atom. The van der Waals surface area contributed by atoms with E-state index in [9.17, 15) is 4.79 Å². The second-order valence-electron chi connectivity index (χ2n) is 2.77. The van der Waals surface area contributed by atoms with Crippen molar-refractivity contribution in [2.75, 3.05) is 6.73 Å². The lowest BCUT2D eigenvalue weighted by Gasteiger charge is -2.00. The van der Waals surface area contributed by atoms with Gasteiger partial charge in [0.1, 0.15) is 12.3 Å². The predicted octanol–water partition coefficient (Wildman–Crippen LogP) is 1.51. The Morgan fingerprint density at radius 3 is 3.07 bits per heavy atom. The van der Waals surface area contributed by atoms with Crippen LogP contribution in [0.4, 0.5) is 0 Å². The monoisotopic (exact) mass is 191 g/mol. The number of benzene rings is 1. The van der Waals surface area contributed by atoms with Crippen molar-refractivity contribution in [1.82, 2.24) is 0 Å². The van der Waals surface area contributed by atoms with E-state index in [0.717, 1.165) is 11.0 Å². The molecular weight excluding hydrogens is 182 g/mol. The maximum atomic E-state index is 11.3. The van der Waals surface area contributed by atoms with Gasteiger partial charge in [0, 0.05) is 5.39 Å². The molecule has 72 valence electrons. The zero-order valence-electron chi connectivity index (χ0n) is 7.40. The molecule has 4 nitrogen and oxygen atoms in total. The summed E-state index contributed by atoms with van der Waals surface area (Å²) < 4.78 is 9.80. The van der Waals surface area contributed by atoms with E-state index in [2.05, 4.69) is 4.74 Å². The minimum atomic E-state index is -0.421. The van der Waals surface area contributed by atoms with Crippen molar-refractivity contribution in [2.45, 2.75) is 0 Å².